The maximum Gasteiger partial charge on any atom is 0.243 e. The quantitative estimate of drug-likeness (QED) is 0.441. The largest absolute Gasteiger partial charge is 0.354 e. The molecule has 0 saturated carbocycles. The Labute approximate surface area is 201 Å². The summed E-state index contributed by atoms with van der Waals surface area (Å²) in [6.07, 6.45) is 1.49. The molecule has 1 atom stereocenters. The zero-order valence-electron chi connectivity index (χ0n) is 19.3. The van der Waals surface area contributed by atoms with Gasteiger partial charge in [-0.1, -0.05) is 90.8 Å². The second-order valence-corrected chi connectivity index (χ2v) is 8.74. The molecule has 0 saturated heterocycles. The Balaban J connectivity index is 1.93. The van der Waals surface area contributed by atoms with E-state index in [9.17, 15) is 9.59 Å². The first-order valence-corrected chi connectivity index (χ1v) is 11.7. The molecule has 1 N–H and O–H groups in total. The molecule has 0 unspecified atom stereocenters. The van der Waals surface area contributed by atoms with E-state index in [0.717, 1.165) is 28.7 Å². The highest BCUT2D eigenvalue weighted by Gasteiger charge is 2.30. The highest BCUT2D eigenvalue weighted by molar-refractivity contribution is 6.30. The number of benzene rings is 3. The summed E-state index contributed by atoms with van der Waals surface area (Å²) in [5, 5.41) is 3.63. The van der Waals surface area contributed by atoms with Gasteiger partial charge in [0, 0.05) is 24.5 Å². The van der Waals surface area contributed by atoms with Crippen molar-refractivity contribution in [2.75, 3.05) is 6.54 Å². The van der Waals surface area contributed by atoms with Crippen LogP contribution in [-0.2, 0) is 29.0 Å². The lowest BCUT2D eigenvalue weighted by Gasteiger charge is -2.31. The van der Waals surface area contributed by atoms with Gasteiger partial charge in [0.1, 0.15) is 6.04 Å². The highest BCUT2D eigenvalue weighted by Crippen LogP contribution is 2.18. The Morgan fingerprint density at radius 1 is 0.879 bits per heavy atom. The van der Waals surface area contributed by atoms with Gasteiger partial charge in [-0.05, 0) is 42.2 Å². The number of amides is 2. The van der Waals surface area contributed by atoms with Crippen molar-refractivity contribution in [2.45, 2.75) is 45.7 Å². The van der Waals surface area contributed by atoms with Crippen LogP contribution in [0.1, 0.15) is 35.6 Å². The van der Waals surface area contributed by atoms with Crippen LogP contribution in [0.3, 0.4) is 0 Å². The smallest absolute Gasteiger partial charge is 0.243 e. The summed E-state index contributed by atoms with van der Waals surface area (Å²) in [5.74, 6) is -0.220. The monoisotopic (exact) mass is 462 g/mol. The molecule has 0 bridgehead atoms. The first-order chi connectivity index (χ1) is 16.0. The Morgan fingerprint density at radius 2 is 1.52 bits per heavy atom. The molecule has 0 aliphatic carbocycles. The number of halogens is 1. The molecule has 0 aliphatic rings. The zero-order valence-corrected chi connectivity index (χ0v) is 20.0. The van der Waals surface area contributed by atoms with Crippen LogP contribution in [0.2, 0.25) is 5.02 Å². The van der Waals surface area contributed by atoms with Crippen LogP contribution in [-0.4, -0.2) is 29.3 Å². The lowest BCUT2D eigenvalue weighted by Crippen LogP contribution is -2.51. The standard InChI is InChI=1S/C28H31ClN2O2/c1-3-17-30-28(33)26(18-22-7-5-4-6-8-22)31(20-24-11-9-21(2)10-12-24)27(32)19-23-13-15-25(29)16-14-23/h4-16,26H,3,17-20H2,1-2H3,(H,30,33)/t26-/m0/s1. The number of carbonyl (C=O) groups excluding carboxylic acids is 2. The summed E-state index contributed by atoms with van der Waals surface area (Å²) in [6, 6.07) is 24.6. The lowest BCUT2D eigenvalue weighted by atomic mass is 10.0. The molecule has 0 aliphatic heterocycles. The Hall–Kier alpha value is -3.11. The molecule has 3 rings (SSSR count). The molecule has 0 fully saturated rings. The van der Waals surface area contributed by atoms with Crippen molar-refractivity contribution < 1.29 is 9.59 Å². The van der Waals surface area contributed by atoms with Crippen molar-refractivity contribution in [3.8, 4) is 0 Å². The molecule has 172 valence electrons. The van der Waals surface area contributed by atoms with Crippen molar-refractivity contribution in [1.82, 2.24) is 10.2 Å². The van der Waals surface area contributed by atoms with Gasteiger partial charge in [-0.3, -0.25) is 9.59 Å². The van der Waals surface area contributed by atoms with E-state index >= 15 is 0 Å². The topological polar surface area (TPSA) is 49.4 Å². The summed E-state index contributed by atoms with van der Waals surface area (Å²) in [4.78, 5) is 28.6. The van der Waals surface area contributed by atoms with Crippen molar-refractivity contribution >= 4 is 23.4 Å². The number of nitrogens with zero attached hydrogens (tertiary/aromatic N) is 1. The molecule has 4 nitrogen and oxygen atoms in total. The van der Waals surface area contributed by atoms with Gasteiger partial charge in [0.2, 0.25) is 11.8 Å². The third kappa shape index (κ3) is 7.47. The van der Waals surface area contributed by atoms with Crippen molar-refractivity contribution in [3.05, 3.63) is 106 Å². The minimum Gasteiger partial charge on any atom is -0.354 e. The van der Waals surface area contributed by atoms with Crippen LogP contribution >= 0.6 is 11.6 Å². The van der Waals surface area contributed by atoms with Gasteiger partial charge in [-0.15, -0.1) is 0 Å². The molecule has 3 aromatic carbocycles. The van der Waals surface area contributed by atoms with E-state index in [1.165, 1.54) is 0 Å². The second kappa shape index (κ2) is 12.2. The van der Waals surface area contributed by atoms with Gasteiger partial charge >= 0.3 is 0 Å². The fraction of sp³-hybridized carbons (Fsp3) is 0.286. The predicted octanol–water partition coefficient (Wildman–Crippen LogP) is 5.36. The number of hydrogen-bond donors (Lipinski definition) is 1. The van der Waals surface area contributed by atoms with Crippen molar-refractivity contribution in [1.29, 1.82) is 0 Å². The van der Waals surface area contributed by atoms with E-state index in [2.05, 4.69) is 5.32 Å². The van der Waals surface area contributed by atoms with Gasteiger partial charge in [-0.25, -0.2) is 0 Å². The summed E-state index contributed by atoms with van der Waals surface area (Å²) in [7, 11) is 0. The summed E-state index contributed by atoms with van der Waals surface area (Å²) >= 11 is 6.01. The molecule has 0 spiro atoms. The molecule has 0 heterocycles. The zero-order chi connectivity index (χ0) is 23.6. The first kappa shape index (κ1) is 24.5. The SMILES string of the molecule is CCCNC(=O)[C@H](Cc1ccccc1)N(Cc1ccc(C)cc1)C(=O)Cc1ccc(Cl)cc1. The Kier molecular flexibility index (Phi) is 9.08. The van der Waals surface area contributed by atoms with Gasteiger partial charge in [0.15, 0.2) is 0 Å². The van der Waals surface area contributed by atoms with Crippen molar-refractivity contribution in [3.63, 3.8) is 0 Å². The van der Waals surface area contributed by atoms with Crippen LogP contribution in [0.25, 0.3) is 0 Å². The third-order valence-electron chi connectivity index (χ3n) is 5.56. The maximum absolute atomic E-state index is 13.6. The fourth-order valence-corrected chi connectivity index (χ4v) is 3.81. The van der Waals surface area contributed by atoms with Gasteiger partial charge in [-0.2, -0.15) is 0 Å². The Morgan fingerprint density at radius 3 is 2.15 bits per heavy atom. The maximum atomic E-state index is 13.6. The fourth-order valence-electron chi connectivity index (χ4n) is 3.69. The lowest BCUT2D eigenvalue weighted by molar-refractivity contribution is -0.140. The highest BCUT2D eigenvalue weighted by atomic mass is 35.5. The summed E-state index contributed by atoms with van der Waals surface area (Å²) in [6.45, 7) is 4.99. The molecular formula is C28H31ClN2O2. The summed E-state index contributed by atoms with van der Waals surface area (Å²) < 4.78 is 0. The predicted molar refractivity (Wildman–Crippen MR) is 134 cm³/mol. The molecule has 2 amide bonds. The minimum atomic E-state index is -0.611. The number of nitrogens with one attached hydrogen (secondary N) is 1. The minimum absolute atomic E-state index is 0.0922. The van der Waals surface area contributed by atoms with E-state index in [4.69, 9.17) is 11.6 Å². The van der Waals surface area contributed by atoms with E-state index in [-0.39, 0.29) is 18.2 Å². The molecule has 3 aromatic rings. The van der Waals surface area contributed by atoms with Crippen LogP contribution in [0.15, 0.2) is 78.9 Å². The van der Waals surface area contributed by atoms with E-state index < -0.39 is 6.04 Å². The first-order valence-electron chi connectivity index (χ1n) is 11.4. The van der Waals surface area contributed by atoms with Crippen LogP contribution in [0.4, 0.5) is 0 Å². The number of rotatable bonds is 10. The van der Waals surface area contributed by atoms with E-state index in [1.54, 1.807) is 17.0 Å². The number of hydrogen-bond acceptors (Lipinski definition) is 2. The van der Waals surface area contributed by atoms with Crippen LogP contribution < -0.4 is 5.32 Å². The average molecular weight is 463 g/mol. The molecule has 0 radical (unpaired) electrons. The summed E-state index contributed by atoms with van der Waals surface area (Å²) in [5.41, 5.74) is 4.03. The number of carbonyl (C=O) groups is 2. The number of aryl methyl sites for hydroxylation is 1. The van der Waals surface area contributed by atoms with Crippen LogP contribution in [0, 0.1) is 6.92 Å². The average Bonchev–Trinajstić information content (AvgIpc) is 2.83. The molecular weight excluding hydrogens is 432 g/mol. The second-order valence-electron chi connectivity index (χ2n) is 8.31. The van der Waals surface area contributed by atoms with Gasteiger partial charge in [0.05, 0.1) is 6.42 Å². The molecule has 33 heavy (non-hydrogen) atoms. The van der Waals surface area contributed by atoms with Crippen molar-refractivity contribution in [2.24, 2.45) is 0 Å². The molecule has 0 aromatic heterocycles. The van der Waals surface area contributed by atoms with Gasteiger partial charge < -0.3 is 10.2 Å². The third-order valence-corrected chi connectivity index (χ3v) is 5.81. The van der Waals surface area contributed by atoms with Crippen LogP contribution in [0.5, 0.6) is 0 Å². The van der Waals surface area contributed by atoms with E-state index in [1.807, 2.05) is 80.6 Å². The Bertz CT molecular complexity index is 1030. The normalized spacial score (nSPS) is 11.6. The molecule has 5 heteroatoms. The van der Waals surface area contributed by atoms with E-state index in [0.29, 0.717) is 24.5 Å². The van der Waals surface area contributed by atoms with Gasteiger partial charge in [0.25, 0.3) is 0 Å².